The summed E-state index contributed by atoms with van der Waals surface area (Å²) in [5.41, 5.74) is 1.90. The lowest BCUT2D eigenvalue weighted by atomic mass is 10.2. The number of amides is 1. The maximum Gasteiger partial charge on any atom is 0.220 e. The number of carbonyl (C=O) groups is 1. The van der Waals surface area contributed by atoms with E-state index >= 15 is 0 Å². The van der Waals surface area contributed by atoms with Gasteiger partial charge in [-0.15, -0.1) is 11.3 Å². The van der Waals surface area contributed by atoms with Gasteiger partial charge in [-0.1, -0.05) is 53.2 Å². The average Bonchev–Trinajstić information content (AvgIpc) is 3.01. The van der Waals surface area contributed by atoms with Gasteiger partial charge in [0, 0.05) is 28.8 Å². The number of nitrogens with zero attached hydrogens (tertiary/aromatic N) is 1. The number of thioether (sulfide) groups is 1. The molecule has 0 aliphatic carbocycles. The fourth-order valence-corrected chi connectivity index (χ4v) is 4.81. The molecule has 1 amide bonds. The number of thiazole rings is 1. The first-order valence-corrected chi connectivity index (χ1v) is 10.4. The molecule has 3 aromatic rings. The topological polar surface area (TPSA) is 42.0 Å². The smallest absolute Gasteiger partial charge is 0.220 e. The summed E-state index contributed by atoms with van der Waals surface area (Å²) in [6.45, 7) is 0.417. The van der Waals surface area contributed by atoms with Gasteiger partial charge in [0.05, 0.1) is 10.2 Å². The molecule has 0 aliphatic heterocycles. The molecule has 3 nitrogen and oxygen atoms in total. The van der Waals surface area contributed by atoms with E-state index in [1.165, 1.54) is 4.70 Å². The second-order valence-electron chi connectivity index (χ2n) is 5.41. The standard InChI is InChI=1S/C18H16Cl2N2OS2/c19-13-8-7-12(14(20)10-13)11-21-17(23)6-3-9-24-18-22-15-4-1-2-5-16(15)25-18/h1-2,4-5,7-8,10H,3,6,9,11H2,(H,21,23). The number of carbonyl (C=O) groups excluding carboxylic acids is 1. The second-order valence-corrected chi connectivity index (χ2v) is 8.63. The van der Waals surface area contributed by atoms with Crippen molar-refractivity contribution < 1.29 is 4.79 Å². The predicted molar refractivity (Wildman–Crippen MR) is 108 cm³/mol. The number of para-hydroxylation sites is 1. The van der Waals surface area contributed by atoms with Crippen molar-refractivity contribution in [2.45, 2.75) is 23.7 Å². The van der Waals surface area contributed by atoms with Crippen LogP contribution in [0, 0.1) is 0 Å². The van der Waals surface area contributed by atoms with Gasteiger partial charge in [-0.2, -0.15) is 0 Å². The second kappa shape index (κ2) is 8.90. The van der Waals surface area contributed by atoms with Crippen molar-refractivity contribution >= 4 is 62.4 Å². The number of benzene rings is 2. The summed E-state index contributed by atoms with van der Waals surface area (Å²) < 4.78 is 2.25. The Morgan fingerprint density at radius 3 is 2.84 bits per heavy atom. The van der Waals surface area contributed by atoms with Crippen LogP contribution in [0.15, 0.2) is 46.8 Å². The molecule has 7 heteroatoms. The fraction of sp³-hybridized carbons (Fsp3) is 0.222. The Morgan fingerprint density at radius 1 is 1.20 bits per heavy atom. The van der Waals surface area contributed by atoms with Crippen LogP contribution in [-0.4, -0.2) is 16.6 Å². The van der Waals surface area contributed by atoms with E-state index in [2.05, 4.69) is 16.4 Å². The minimum atomic E-state index is 0.0240. The molecule has 0 atom stereocenters. The van der Waals surface area contributed by atoms with Crippen molar-refractivity contribution in [3.63, 3.8) is 0 Å². The Morgan fingerprint density at radius 2 is 2.04 bits per heavy atom. The average molecular weight is 411 g/mol. The predicted octanol–water partition coefficient (Wildman–Crippen LogP) is 5.79. The Labute approximate surface area is 164 Å². The first-order chi connectivity index (χ1) is 12.1. The van der Waals surface area contributed by atoms with Crippen molar-refractivity contribution in [2.24, 2.45) is 0 Å². The summed E-state index contributed by atoms with van der Waals surface area (Å²) in [6.07, 6.45) is 1.30. The van der Waals surface area contributed by atoms with Gasteiger partial charge >= 0.3 is 0 Å². The maximum atomic E-state index is 11.9. The van der Waals surface area contributed by atoms with Crippen molar-refractivity contribution in [1.82, 2.24) is 10.3 Å². The van der Waals surface area contributed by atoms with Crippen LogP contribution in [0.4, 0.5) is 0 Å². The maximum absolute atomic E-state index is 11.9. The highest BCUT2D eigenvalue weighted by molar-refractivity contribution is 8.01. The molecule has 25 heavy (non-hydrogen) atoms. The van der Waals surface area contributed by atoms with Gasteiger partial charge < -0.3 is 5.32 Å². The van der Waals surface area contributed by atoms with Crippen LogP contribution in [0.25, 0.3) is 10.2 Å². The lowest BCUT2D eigenvalue weighted by molar-refractivity contribution is -0.121. The van der Waals surface area contributed by atoms with Crippen molar-refractivity contribution in [2.75, 3.05) is 5.75 Å². The number of hydrogen-bond donors (Lipinski definition) is 1. The zero-order valence-corrected chi connectivity index (χ0v) is 16.4. The highest BCUT2D eigenvalue weighted by atomic mass is 35.5. The van der Waals surface area contributed by atoms with Crippen LogP contribution in [0.2, 0.25) is 10.0 Å². The molecule has 3 rings (SSSR count). The number of aromatic nitrogens is 1. The third-order valence-corrected chi connectivity index (χ3v) is 6.39. The van der Waals surface area contributed by atoms with E-state index in [-0.39, 0.29) is 5.91 Å². The molecule has 130 valence electrons. The van der Waals surface area contributed by atoms with Gasteiger partial charge in [0.1, 0.15) is 0 Å². The number of hydrogen-bond acceptors (Lipinski definition) is 4. The zero-order valence-electron chi connectivity index (χ0n) is 13.3. The van der Waals surface area contributed by atoms with Crippen LogP contribution in [0.5, 0.6) is 0 Å². The van der Waals surface area contributed by atoms with Gasteiger partial charge in [0.2, 0.25) is 5.91 Å². The van der Waals surface area contributed by atoms with Crippen LogP contribution in [0.3, 0.4) is 0 Å². The molecule has 1 aromatic heterocycles. The third-order valence-electron chi connectivity index (χ3n) is 3.54. The molecule has 0 aliphatic rings. The van der Waals surface area contributed by atoms with Crippen LogP contribution < -0.4 is 5.32 Å². The normalized spacial score (nSPS) is 11.0. The minimum absolute atomic E-state index is 0.0240. The highest BCUT2D eigenvalue weighted by Crippen LogP contribution is 2.29. The van der Waals surface area contributed by atoms with E-state index in [4.69, 9.17) is 23.2 Å². The van der Waals surface area contributed by atoms with E-state index in [1.807, 2.05) is 24.3 Å². The van der Waals surface area contributed by atoms with E-state index < -0.39 is 0 Å². The van der Waals surface area contributed by atoms with Crippen LogP contribution in [-0.2, 0) is 11.3 Å². The summed E-state index contributed by atoms with van der Waals surface area (Å²) in [7, 11) is 0. The molecule has 2 aromatic carbocycles. The molecular formula is C18H16Cl2N2OS2. The molecule has 0 radical (unpaired) electrons. The van der Waals surface area contributed by atoms with E-state index in [1.54, 1.807) is 35.2 Å². The molecule has 1 N–H and O–H groups in total. The van der Waals surface area contributed by atoms with E-state index in [0.717, 1.165) is 27.6 Å². The first-order valence-electron chi connectivity index (χ1n) is 7.81. The van der Waals surface area contributed by atoms with Gasteiger partial charge in [0.15, 0.2) is 4.34 Å². The van der Waals surface area contributed by atoms with Crippen LogP contribution >= 0.6 is 46.3 Å². The largest absolute Gasteiger partial charge is 0.352 e. The van der Waals surface area contributed by atoms with E-state index in [9.17, 15) is 4.79 Å². The summed E-state index contributed by atoms with van der Waals surface area (Å²) in [5.74, 6) is 0.894. The summed E-state index contributed by atoms with van der Waals surface area (Å²) in [6, 6.07) is 13.4. The molecule has 0 saturated heterocycles. The highest BCUT2D eigenvalue weighted by Gasteiger charge is 2.07. The first kappa shape index (κ1) is 18.5. The molecule has 0 unspecified atom stereocenters. The van der Waals surface area contributed by atoms with Gasteiger partial charge in [-0.25, -0.2) is 4.98 Å². The number of nitrogens with one attached hydrogen (secondary N) is 1. The number of fused-ring (bicyclic) bond motifs is 1. The molecule has 0 saturated carbocycles. The Hall–Kier alpha value is -1.27. The summed E-state index contributed by atoms with van der Waals surface area (Å²) in [5, 5.41) is 4.05. The van der Waals surface area contributed by atoms with Crippen molar-refractivity contribution in [1.29, 1.82) is 0 Å². The fourth-order valence-electron chi connectivity index (χ4n) is 2.25. The minimum Gasteiger partial charge on any atom is -0.352 e. The van der Waals surface area contributed by atoms with Gasteiger partial charge in [-0.05, 0) is 36.2 Å². The quantitative estimate of drug-likeness (QED) is 0.395. The Bertz CT molecular complexity index is 849. The number of rotatable bonds is 7. The van der Waals surface area contributed by atoms with Gasteiger partial charge in [0.25, 0.3) is 0 Å². The van der Waals surface area contributed by atoms with Crippen LogP contribution in [0.1, 0.15) is 18.4 Å². The molecule has 0 spiro atoms. The lowest BCUT2D eigenvalue weighted by Gasteiger charge is -2.07. The SMILES string of the molecule is O=C(CCCSc1nc2ccccc2s1)NCc1ccc(Cl)cc1Cl. The molecular weight excluding hydrogens is 395 g/mol. The molecule has 0 fully saturated rings. The molecule has 1 heterocycles. The Balaban J connectivity index is 1.39. The summed E-state index contributed by atoms with van der Waals surface area (Å²) >= 11 is 15.3. The third kappa shape index (κ3) is 5.35. The van der Waals surface area contributed by atoms with Crippen molar-refractivity contribution in [3.05, 3.63) is 58.1 Å². The molecule has 0 bridgehead atoms. The van der Waals surface area contributed by atoms with Gasteiger partial charge in [-0.3, -0.25) is 4.79 Å². The number of halogens is 2. The van der Waals surface area contributed by atoms with E-state index in [0.29, 0.717) is 23.0 Å². The van der Waals surface area contributed by atoms with Crippen molar-refractivity contribution in [3.8, 4) is 0 Å². The zero-order chi connectivity index (χ0) is 17.6. The Kier molecular flexibility index (Phi) is 6.59. The monoisotopic (exact) mass is 410 g/mol. The lowest BCUT2D eigenvalue weighted by Crippen LogP contribution is -2.22. The summed E-state index contributed by atoms with van der Waals surface area (Å²) in [4.78, 5) is 16.5.